The number of amidine groups is 1. The van der Waals surface area contributed by atoms with E-state index in [1.54, 1.807) is 30.5 Å². The molecule has 0 fully saturated rings. The lowest BCUT2D eigenvalue weighted by atomic mass is 10.1. The Hall–Kier alpha value is -1.89. The van der Waals surface area contributed by atoms with Crippen LogP contribution in [0.1, 0.15) is 24.5 Å². The zero-order valence-electron chi connectivity index (χ0n) is 12.2. The number of carbonyl (C=O) groups is 1. The Morgan fingerprint density at radius 1 is 1.43 bits per heavy atom. The minimum Gasteiger partial charge on any atom is -0.409 e. The van der Waals surface area contributed by atoms with Crippen molar-refractivity contribution in [3.05, 3.63) is 35.4 Å². The molecule has 0 spiro atoms. The fourth-order valence-electron chi connectivity index (χ4n) is 1.78. The zero-order valence-corrected chi connectivity index (χ0v) is 13.0. The first-order valence-electron chi connectivity index (χ1n) is 6.58. The molecule has 0 aliphatic rings. The van der Waals surface area contributed by atoms with Crippen LogP contribution in [0.5, 0.6) is 0 Å². The molecule has 1 rings (SSSR count). The van der Waals surface area contributed by atoms with Crippen molar-refractivity contribution in [1.29, 1.82) is 0 Å². The predicted molar refractivity (Wildman–Crippen MR) is 83.8 cm³/mol. The lowest BCUT2D eigenvalue weighted by Gasteiger charge is -2.13. The topological polar surface area (TPSA) is 105 Å². The van der Waals surface area contributed by atoms with E-state index in [1.807, 2.05) is 6.92 Å². The van der Waals surface area contributed by atoms with E-state index in [0.29, 0.717) is 17.7 Å². The molecule has 0 aromatic heterocycles. The van der Waals surface area contributed by atoms with E-state index in [1.165, 1.54) is 0 Å². The van der Waals surface area contributed by atoms with Crippen molar-refractivity contribution in [1.82, 2.24) is 5.32 Å². The summed E-state index contributed by atoms with van der Waals surface area (Å²) in [5.41, 5.74) is 6.90. The van der Waals surface area contributed by atoms with Crippen molar-refractivity contribution in [2.45, 2.75) is 25.8 Å². The molecule has 0 bridgehead atoms. The van der Waals surface area contributed by atoms with E-state index in [9.17, 15) is 9.00 Å². The fraction of sp³-hybridized carbons (Fsp3) is 0.429. The monoisotopic (exact) mass is 311 g/mol. The van der Waals surface area contributed by atoms with Crippen LogP contribution in [0, 0.1) is 0 Å². The van der Waals surface area contributed by atoms with Gasteiger partial charge in [-0.2, -0.15) is 0 Å². The maximum atomic E-state index is 11.9. The van der Waals surface area contributed by atoms with E-state index >= 15 is 0 Å². The van der Waals surface area contributed by atoms with Gasteiger partial charge in [0.25, 0.3) is 0 Å². The van der Waals surface area contributed by atoms with Crippen LogP contribution >= 0.6 is 0 Å². The molecule has 6 nitrogen and oxygen atoms in total. The lowest BCUT2D eigenvalue weighted by Crippen LogP contribution is -2.34. The van der Waals surface area contributed by atoms with Crippen molar-refractivity contribution < 1.29 is 14.2 Å². The minimum absolute atomic E-state index is 0.00200. The van der Waals surface area contributed by atoms with Crippen molar-refractivity contribution in [2.75, 3.05) is 12.0 Å². The third-order valence-electron chi connectivity index (χ3n) is 2.97. The number of carbonyl (C=O) groups excluding carboxylic acids is 1. The first-order valence-corrected chi connectivity index (χ1v) is 8.31. The molecule has 7 heteroatoms. The maximum Gasteiger partial charge on any atom is 0.224 e. The molecular formula is C14H21N3O3S. The Morgan fingerprint density at radius 2 is 2.05 bits per heavy atom. The second-order valence-electron chi connectivity index (χ2n) is 4.89. The Kier molecular flexibility index (Phi) is 6.87. The smallest absolute Gasteiger partial charge is 0.224 e. The number of hydrogen-bond donors (Lipinski definition) is 3. The van der Waals surface area contributed by atoms with Gasteiger partial charge in [-0.15, -0.1) is 0 Å². The zero-order chi connectivity index (χ0) is 15.8. The van der Waals surface area contributed by atoms with Gasteiger partial charge in [0.2, 0.25) is 5.91 Å². The van der Waals surface area contributed by atoms with Gasteiger partial charge in [0.15, 0.2) is 5.84 Å². The van der Waals surface area contributed by atoms with Gasteiger partial charge < -0.3 is 16.3 Å². The number of nitrogens with one attached hydrogen (secondary N) is 1. The van der Waals surface area contributed by atoms with Crippen molar-refractivity contribution in [2.24, 2.45) is 10.9 Å². The summed E-state index contributed by atoms with van der Waals surface area (Å²) in [7, 11) is -0.842. The normalized spacial score (nSPS) is 14.5. The number of amides is 1. The van der Waals surface area contributed by atoms with Gasteiger partial charge in [0.05, 0.1) is 6.42 Å². The standard InChI is InChI=1S/C14H21N3O3S/c1-10(7-8-21(2)20)16-13(18)9-11-3-5-12(6-4-11)14(15)17-19/h3-6,10,19H,7-9H2,1-2H3,(H2,15,17)(H,16,18). The maximum absolute atomic E-state index is 11.9. The quantitative estimate of drug-likeness (QED) is 0.297. The van der Waals surface area contributed by atoms with Crippen LogP contribution in [-0.4, -0.2) is 39.2 Å². The van der Waals surface area contributed by atoms with E-state index in [4.69, 9.17) is 10.9 Å². The molecule has 0 aliphatic carbocycles. The first-order chi connectivity index (χ1) is 9.92. The Labute approximate surface area is 126 Å². The molecule has 2 atom stereocenters. The molecule has 1 aromatic carbocycles. The van der Waals surface area contributed by atoms with Crippen LogP contribution in [0.15, 0.2) is 29.4 Å². The van der Waals surface area contributed by atoms with E-state index in [0.717, 1.165) is 5.56 Å². The number of nitrogens with two attached hydrogens (primary N) is 1. The summed E-state index contributed by atoms with van der Waals surface area (Å²) in [5, 5.41) is 14.4. The average Bonchev–Trinajstić information content (AvgIpc) is 2.45. The van der Waals surface area contributed by atoms with Crippen LogP contribution in [-0.2, 0) is 22.0 Å². The van der Waals surface area contributed by atoms with Gasteiger partial charge in [-0.1, -0.05) is 29.4 Å². The first kappa shape index (κ1) is 17.2. The molecule has 0 saturated heterocycles. The molecule has 4 N–H and O–H groups in total. The highest BCUT2D eigenvalue weighted by atomic mass is 32.2. The van der Waals surface area contributed by atoms with Gasteiger partial charge in [-0.25, -0.2) is 0 Å². The van der Waals surface area contributed by atoms with E-state index in [-0.39, 0.29) is 24.2 Å². The second-order valence-corrected chi connectivity index (χ2v) is 6.45. The molecule has 116 valence electrons. The summed E-state index contributed by atoms with van der Waals surface area (Å²) in [4.78, 5) is 11.9. The molecular weight excluding hydrogens is 290 g/mol. The number of rotatable bonds is 7. The van der Waals surface area contributed by atoms with Gasteiger partial charge in [0, 0.05) is 34.4 Å². The summed E-state index contributed by atoms with van der Waals surface area (Å²) in [5.74, 6) is 0.531. The van der Waals surface area contributed by atoms with Gasteiger partial charge >= 0.3 is 0 Å². The number of benzene rings is 1. The third kappa shape index (κ3) is 6.40. The van der Waals surface area contributed by atoms with Crippen LogP contribution in [0.25, 0.3) is 0 Å². The molecule has 0 radical (unpaired) electrons. The highest BCUT2D eigenvalue weighted by Gasteiger charge is 2.09. The summed E-state index contributed by atoms with van der Waals surface area (Å²) < 4.78 is 11.0. The molecule has 0 heterocycles. The number of hydrogen-bond acceptors (Lipinski definition) is 4. The van der Waals surface area contributed by atoms with Crippen LogP contribution in [0.2, 0.25) is 0 Å². The molecule has 1 amide bonds. The molecule has 1 aromatic rings. The minimum atomic E-state index is -0.842. The average molecular weight is 311 g/mol. The summed E-state index contributed by atoms with van der Waals surface area (Å²) in [6, 6.07) is 6.91. The van der Waals surface area contributed by atoms with Crippen molar-refractivity contribution in [3.8, 4) is 0 Å². The molecule has 0 saturated carbocycles. The van der Waals surface area contributed by atoms with Crippen molar-refractivity contribution >= 4 is 22.5 Å². The number of oxime groups is 1. The SMILES string of the molecule is CC(CCS(C)=O)NC(=O)Cc1ccc(/C(N)=N/O)cc1. The van der Waals surface area contributed by atoms with E-state index < -0.39 is 10.8 Å². The Balaban J connectivity index is 2.49. The summed E-state index contributed by atoms with van der Waals surface area (Å²) in [6.45, 7) is 1.90. The molecule has 0 aliphatic heterocycles. The van der Waals surface area contributed by atoms with Crippen LogP contribution in [0.4, 0.5) is 0 Å². The fourth-order valence-corrected chi connectivity index (χ4v) is 2.46. The lowest BCUT2D eigenvalue weighted by molar-refractivity contribution is -0.121. The summed E-state index contributed by atoms with van der Waals surface area (Å²) >= 11 is 0. The van der Waals surface area contributed by atoms with Gasteiger partial charge in [0.1, 0.15) is 0 Å². The third-order valence-corrected chi connectivity index (χ3v) is 3.78. The largest absolute Gasteiger partial charge is 0.409 e. The number of nitrogens with zero attached hydrogens (tertiary/aromatic N) is 1. The van der Waals surface area contributed by atoms with Crippen LogP contribution < -0.4 is 11.1 Å². The molecule has 2 unspecified atom stereocenters. The Morgan fingerprint density at radius 3 is 2.57 bits per heavy atom. The summed E-state index contributed by atoms with van der Waals surface area (Å²) in [6.07, 6.45) is 2.60. The van der Waals surface area contributed by atoms with Crippen LogP contribution in [0.3, 0.4) is 0 Å². The van der Waals surface area contributed by atoms with Gasteiger partial charge in [-0.05, 0) is 18.9 Å². The highest BCUT2D eigenvalue weighted by molar-refractivity contribution is 7.84. The Bertz CT molecular complexity index is 529. The predicted octanol–water partition coefficient (Wildman–Crippen LogP) is 0.597. The highest BCUT2D eigenvalue weighted by Crippen LogP contribution is 2.05. The van der Waals surface area contributed by atoms with Gasteiger partial charge in [-0.3, -0.25) is 9.00 Å². The second kappa shape index (κ2) is 8.41. The van der Waals surface area contributed by atoms with Crippen molar-refractivity contribution in [3.63, 3.8) is 0 Å². The van der Waals surface area contributed by atoms with E-state index in [2.05, 4.69) is 10.5 Å². The molecule has 21 heavy (non-hydrogen) atoms.